The van der Waals surface area contributed by atoms with Crippen LogP contribution in [0.25, 0.3) is 6.08 Å². The number of rotatable bonds is 8. The Morgan fingerprint density at radius 1 is 1.27 bits per heavy atom. The minimum Gasteiger partial charge on any atom is -0.490 e. The molecule has 0 atom stereocenters. The summed E-state index contributed by atoms with van der Waals surface area (Å²) in [6.45, 7) is 3.37. The molecule has 3 rings (SSSR count). The molecule has 2 aromatic rings. The summed E-state index contributed by atoms with van der Waals surface area (Å²) in [6.07, 6.45) is 1.50. The first kappa shape index (κ1) is 24.6. The van der Waals surface area contributed by atoms with Crippen molar-refractivity contribution in [2.75, 3.05) is 13.2 Å². The van der Waals surface area contributed by atoms with Crippen LogP contribution in [-0.2, 0) is 9.59 Å². The highest BCUT2D eigenvalue weighted by atomic mass is 35.5. The number of halogens is 1. The van der Waals surface area contributed by atoms with Crippen LogP contribution >= 0.6 is 35.6 Å². The van der Waals surface area contributed by atoms with Crippen molar-refractivity contribution in [1.82, 2.24) is 10.4 Å². The summed E-state index contributed by atoms with van der Waals surface area (Å²) in [6, 6.07) is 9.91. The van der Waals surface area contributed by atoms with Gasteiger partial charge in [0.25, 0.3) is 11.8 Å². The first-order valence-electron chi connectivity index (χ1n) is 9.66. The van der Waals surface area contributed by atoms with Gasteiger partial charge in [-0.05, 0) is 55.9 Å². The zero-order valence-electron chi connectivity index (χ0n) is 17.6. The van der Waals surface area contributed by atoms with Crippen molar-refractivity contribution in [3.63, 3.8) is 0 Å². The third-order valence-electron chi connectivity index (χ3n) is 4.31. The quantitative estimate of drug-likeness (QED) is 0.408. The lowest BCUT2D eigenvalue weighted by molar-refractivity contribution is -0.139. The Labute approximate surface area is 204 Å². The highest BCUT2D eigenvalue weighted by Crippen LogP contribution is 2.37. The normalized spacial score (nSPS) is 14.5. The molecule has 33 heavy (non-hydrogen) atoms. The van der Waals surface area contributed by atoms with E-state index in [0.29, 0.717) is 17.9 Å². The molecular formula is C22H19ClN2O6S2. The number of benzene rings is 2. The number of nitrogens with one attached hydrogen (secondary N) is 1. The Hall–Kier alpha value is -3.08. The summed E-state index contributed by atoms with van der Waals surface area (Å²) < 4.78 is 11.0. The molecule has 0 bridgehead atoms. The molecule has 0 spiro atoms. The molecule has 0 unspecified atom stereocenters. The van der Waals surface area contributed by atoms with Crippen molar-refractivity contribution in [1.29, 1.82) is 0 Å². The van der Waals surface area contributed by atoms with Gasteiger partial charge in [0.15, 0.2) is 22.4 Å². The molecule has 1 heterocycles. The van der Waals surface area contributed by atoms with Gasteiger partial charge >= 0.3 is 5.97 Å². The van der Waals surface area contributed by atoms with E-state index in [1.54, 1.807) is 43.3 Å². The molecule has 1 fully saturated rings. The van der Waals surface area contributed by atoms with Crippen LogP contribution in [0.5, 0.6) is 11.5 Å². The fourth-order valence-electron chi connectivity index (χ4n) is 2.88. The maximum atomic E-state index is 12.9. The number of para-hydroxylation sites is 1. The number of aryl methyl sites for hydroxylation is 1. The number of aliphatic carboxylic acids is 1. The summed E-state index contributed by atoms with van der Waals surface area (Å²) in [7, 11) is 0. The van der Waals surface area contributed by atoms with E-state index in [-0.39, 0.29) is 25.6 Å². The summed E-state index contributed by atoms with van der Waals surface area (Å²) in [5, 5.41) is 10.2. The maximum absolute atomic E-state index is 12.9. The molecule has 1 aliphatic heterocycles. The van der Waals surface area contributed by atoms with Gasteiger partial charge in [0, 0.05) is 5.56 Å². The van der Waals surface area contributed by atoms with Gasteiger partial charge in [0.05, 0.1) is 22.1 Å². The van der Waals surface area contributed by atoms with Crippen LogP contribution in [0.3, 0.4) is 0 Å². The second-order valence-corrected chi connectivity index (χ2v) is 8.81. The minimum absolute atomic E-state index is 0.122. The number of hydrogen-bond acceptors (Lipinski definition) is 7. The van der Waals surface area contributed by atoms with Crippen LogP contribution in [-0.4, -0.2) is 45.4 Å². The Bertz CT molecular complexity index is 1170. The second-order valence-electron chi connectivity index (χ2n) is 6.73. The van der Waals surface area contributed by atoms with Gasteiger partial charge in [-0.15, -0.1) is 0 Å². The predicted octanol–water partition coefficient (Wildman–Crippen LogP) is 4.06. The van der Waals surface area contributed by atoms with Gasteiger partial charge in [0.2, 0.25) is 0 Å². The average molecular weight is 507 g/mol. The smallest absolute Gasteiger partial charge is 0.341 e. The van der Waals surface area contributed by atoms with E-state index in [2.05, 4.69) is 5.43 Å². The molecule has 0 saturated carbocycles. The summed E-state index contributed by atoms with van der Waals surface area (Å²) >= 11 is 12.4. The van der Waals surface area contributed by atoms with Crippen LogP contribution < -0.4 is 14.9 Å². The van der Waals surface area contributed by atoms with Gasteiger partial charge in [-0.25, -0.2) is 4.79 Å². The molecule has 1 aliphatic rings. The summed E-state index contributed by atoms with van der Waals surface area (Å²) in [5.41, 5.74) is 4.00. The summed E-state index contributed by atoms with van der Waals surface area (Å²) in [5.74, 6) is -1.77. The van der Waals surface area contributed by atoms with Crippen LogP contribution in [0, 0.1) is 6.92 Å². The lowest BCUT2D eigenvalue weighted by Gasteiger charge is -2.16. The van der Waals surface area contributed by atoms with Crippen LogP contribution in [0.4, 0.5) is 0 Å². The number of hydrogen-bond donors (Lipinski definition) is 2. The van der Waals surface area contributed by atoms with Crippen molar-refractivity contribution < 1.29 is 29.0 Å². The van der Waals surface area contributed by atoms with Crippen LogP contribution in [0.2, 0.25) is 5.02 Å². The number of amides is 2. The maximum Gasteiger partial charge on any atom is 0.341 e. The molecule has 2 aromatic carbocycles. The number of carbonyl (C=O) groups is 3. The third kappa shape index (κ3) is 5.84. The van der Waals surface area contributed by atoms with Gasteiger partial charge < -0.3 is 14.6 Å². The molecule has 2 N–H and O–H groups in total. The monoisotopic (exact) mass is 506 g/mol. The lowest BCUT2D eigenvalue weighted by atomic mass is 10.1. The highest BCUT2D eigenvalue weighted by molar-refractivity contribution is 8.26. The fraction of sp³-hybridized carbons (Fsp3) is 0.182. The van der Waals surface area contributed by atoms with E-state index >= 15 is 0 Å². The van der Waals surface area contributed by atoms with E-state index in [1.807, 2.05) is 6.92 Å². The number of carbonyl (C=O) groups excluding carboxylic acids is 2. The molecule has 0 aliphatic carbocycles. The van der Waals surface area contributed by atoms with Crippen molar-refractivity contribution in [3.05, 3.63) is 63.0 Å². The van der Waals surface area contributed by atoms with Gasteiger partial charge in [-0.3, -0.25) is 15.0 Å². The van der Waals surface area contributed by atoms with E-state index < -0.39 is 24.4 Å². The fourth-order valence-corrected chi connectivity index (χ4v) is 4.37. The number of carboxylic acid groups (broad SMARTS) is 1. The van der Waals surface area contributed by atoms with Crippen molar-refractivity contribution in [2.24, 2.45) is 0 Å². The number of carboxylic acids is 1. The van der Waals surface area contributed by atoms with Crippen molar-refractivity contribution in [2.45, 2.75) is 13.8 Å². The molecule has 2 amide bonds. The molecule has 11 heteroatoms. The number of hydrazine groups is 1. The summed E-state index contributed by atoms with van der Waals surface area (Å²) in [4.78, 5) is 36.8. The Morgan fingerprint density at radius 2 is 2.03 bits per heavy atom. The predicted molar refractivity (Wildman–Crippen MR) is 129 cm³/mol. The minimum atomic E-state index is -1.16. The van der Waals surface area contributed by atoms with E-state index in [1.165, 1.54) is 6.08 Å². The molecule has 172 valence electrons. The largest absolute Gasteiger partial charge is 0.490 e. The van der Waals surface area contributed by atoms with Crippen molar-refractivity contribution >= 4 is 63.8 Å². The van der Waals surface area contributed by atoms with Gasteiger partial charge in [-0.1, -0.05) is 41.6 Å². The molecule has 8 nitrogen and oxygen atoms in total. The van der Waals surface area contributed by atoms with E-state index in [4.69, 9.17) is 38.4 Å². The molecule has 0 aromatic heterocycles. The number of thiocarbonyl (C=S) groups is 1. The number of thioether (sulfide) groups is 1. The van der Waals surface area contributed by atoms with Crippen LogP contribution in [0.1, 0.15) is 28.4 Å². The molecule has 0 radical (unpaired) electrons. The number of nitrogens with zero attached hydrogens (tertiary/aromatic N) is 1. The highest BCUT2D eigenvalue weighted by Gasteiger charge is 2.34. The molecular weight excluding hydrogens is 488 g/mol. The number of ether oxygens (including phenoxy) is 2. The SMILES string of the molecule is CCOc1cccc(/C=C2\SC(=S)N(NC(=O)c3ccc(C)cc3Cl)C2=O)c1OCC(=O)O. The topological polar surface area (TPSA) is 105 Å². The van der Waals surface area contributed by atoms with E-state index in [9.17, 15) is 14.4 Å². The third-order valence-corrected chi connectivity index (χ3v) is 5.93. The first-order valence-corrected chi connectivity index (χ1v) is 11.3. The first-order chi connectivity index (χ1) is 15.7. The Kier molecular flexibility index (Phi) is 7.96. The van der Waals surface area contributed by atoms with Gasteiger partial charge in [0.1, 0.15) is 0 Å². The lowest BCUT2D eigenvalue weighted by Crippen LogP contribution is -2.44. The zero-order chi connectivity index (χ0) is 24.1. The Morgan fingerprint density at radius 3 is 2.70 bits per heavy atom. The van der Waals surface area contributed by atoms with E-state index in [0.717, 1.165) is 22.3 Å². The standard InChI is InChI=1S/C22H19ClN2O6S2/c1-3-30-16-6-4-5-13(19(16)31-11-18(26)27)10-17-21(29)25(22(32)33-17)24-20(28)14-8-7-12(2)9-15(14)23/h4-10H,3,11H2,1-2H3,(H,24,28)(H,26,27)/b17-10-. The zero-order valence-corrected chi connectivity index (χ0v) is 20.0. The average Bonchev–Trinajstić information content (AvgIpc) is 3.00. The Balaban J connectivity index is 1.86. The second kappa shape index (κ2) is 10.7. The molecule has 1 saturated heterocycles. The van der Waals surface area contributed by atoms with Crippen molar-refractivity contribution in [3.8, 4) is 11.5 Å². The van der Waals surface area contributed by atoms with Gasteiger partial charge in [-0.2, -0.15) is 5.01 Å². The van der Waals surface area contributed by atoms with Crippen LogP contribution in [0.15, 0.2) is 41.3 Å².